The Morgan fingerprint density at radius 2 is 2.00 bits per heavy atom. The van der Waals surface area contributed by atoms with Crippen molar-refractivity contribution in [3.63, 3.8) is 0 Å². The number of para-hydroxylation sites is 1. The second-order valence-electron chi connectivity index (χ2n) is 6.55. The Hall–Kier alpha value is -2.62. The van der Waals surface area contributed by atoms with Crippen LogP contribution in [0.1, 0.15) is 24.1 Å². The van der Waals surface area contributed by atoms with E-state index in [-0.39, 0.29) is 29.3 Å². The maximum Gasteiger partial charge on any atom is 0.418 e. The molecule has 0 unspecified atom stereocenters. The van der Waals surface area contributed by atoms with Gasteiger partial charge in [-0.05, 0) is 40.5 Å². The number of ether oxygens (including phenoxy) is 1. The van der Waals surface area contributed by atoms with Crippen LogP contribution in [-0.2, 0) is 6.18 Å². The summed E-state index contributed by atoms with van der Waals surface area (Å²) in [7, 11) is 0. The predicted octanol–water partition coefficient (Wildman–Crippen LogP) is 5.53. The predicted molar refractivity (Wildman–Crippen MR) is 105 cm³/mol. The smallest absolute Gasteiger partial charge is 0.418 e. The highest BCUT2D eigenvalue weighted by Crippen LogP contribution is 2.40. The fraction of sp³-hybridized carbons (Fsp3) is 0.263. The first kappa shape index (κ1) is 19.7. The summed E-state index contributed by atoms with van der Waals surface area (Å²) in [5.41, 5.74) is -0.0171. The summed E-state index contributed by atoms with van der Waals surface area (Å²) in [5, 5.41) is 6.46. The molecule has 1 aromatic heterocycles. The molecule has 1 aliphatic heterocycles. The first-order valence-corrected chi connectivity index (χ1v) is 9.53. The normalized spacial score (nSPS) is 16.8. The molecule has 0 saturated heterocycles. The average molecular weight is 471 g/mol. The lowest BCUT2D eigenvalue weighted by atomic mass is 10.0. The molecule has 2 bridgehead atoms. The van der Waals surface area contributed by atoms with Crippen molar-refractivity contribution in [3.8, 4) is 6.01 Å². The van der Waals surface area contributed by atoms with E-state index >= 15 is 0 Å². The Morgan fingerprint density at radius 3 is 2.76 bits per heavy atom. The highest BCUT2D eigenvalue weighted by molar-refractivity contribution is 9.10. The number of aromatic nitrogens is 2. The van der Waals surface area contributed by atoms with E-state index in [1.165, 1.54) is 18.2 Å². The SMILES string of the molecule is C[C@H]1Nc2nc(nc3cc(F)c(Br)cc23)OCCNc2c1cccc2C(F)(F)F. The molecule has 4 rings (SSSR count). The Kier molecular flexibility index (Phi) is 4.97. The molecule has 1 aliphatic rings. The van der Waals surface area contributed by atoms with E-state index in [1.807, 2.05) is 0 Å². The van der Waals surface area contributed by atoms with Crippen molar-refractivity contribution in [1.29, 1.82) is 0 Å². The molecule has 0 fully saturated rings. The van der Waals surface area contributed by atoms with E-state index in [4.69, 9.17) is 4.74 Å². The van der Waals surface area contributed by atoms with E-state index in [2.05, 4.69) is 36.5 Å². The molecule has 5 nitrogen and oxygen atoms in total. The third kappa shape index (κ3) is 3.81. The van der Waals surface area contributed by atoms with Gasteiger partial charge in [-0.25, -0.2) is 4.39 Å². The zero-order valence-corrected chi connectivity index (χ0v) is 16.7. The van der Waals surface area contributed by atoms with E-state index in [9.17, 15) is 17.6 Å². The van der Waals surface area contributed by atoms with Gasteiger partial charge in [-0.15, -0.1) is 0 Å². The number of benzene rings is 2. The highest BCUT2D eigenvalue weighted by Gasteiger charge is 2.35. The molecule has 2 aromatic carbocycles. The van der Waals surface area contributed by atoms with Crippen LogP contribution in [-0.4, -0.2) is 23.1 Å². The van der Waals surface area contributed by atoms with Crippen LogP contribution in [0.3, 0.4) is 0 Å². The molecule has 152 valence electrons. The molecule has 0 amide bonds. The fourth-order valence-corrected chi connectivity index (χ4v) is 3.59. The highest BCUT2D eigenvalue weighted by atomic mass is 79.9. The first-order valence-electron chi connectivity index (χ1n) is 8.74. The van der Waals surface area contributed by atoms with Crippen LogP contribution < -0.4 is 15.4 Å². The fourth-order valence-electron chi connectivity index (χ4n) is 3.24. The summed E-state index contributed by atoms with van der Waals surface area (Å²) in [6, 6.07) is 6.27. The molecular formula is C19H15BrF4N4O. The summed E-state index contributed by atoms with van der Waals surface area (Å²) in [5.74, 6) is -0.157. The van der Waals surface area contributed by atoms with Crippen LogP contribution in [0, 0.1) is 5.82 Å². The van der Waals surface area contributed by atoms with Gasteiger partial charge in [-0.2, -0.15) is 23.1 Å². The van der Waals surface area contributed by atoms with Crippen molar-refractivity contribution in [1.82, 2.24) is 9.97 Å². The lowest BCUT2D eigenvalue weighted by molar-refractivity contribution is -0.137. The van der Waals surface area contributed by atoms with Gasteiger partial charge in [0.2, 0.25) is 0 Å². The quantitative estimate of drug-likeness (QED) is 0.423. The van der Waals surface area contributed by atoms with Gasteiger partial charge in [0.1, 0.15) is 18.2 Å². The number of rotatable bonds is 0. The number of halogens is 5. The first-order chi connectivity index (χ1) is 13.7. The molecule has 0 saturated carbocycles. The van der Waals surface area contributed by atoms with Gasteiger partial charge in [0.05, 0.1) is 27.3 Å². The minimum absolute atomic E-state index is 0.0110. The van der Waals surface area contributed by atoms with Crippen LogP contribution in [0.2, 0.25) is 0 Å². The monoisotopic (exact) mass is 470 g/mol. The zero-order valence-electron chi connectivity index (χ0n) is 15.1. The number of alkyl halides is 3. The molecule has 0 spiro atoms. The van der Waals surface area contributed by atoms with Crippen LogP contribution in [0.5, 0.6) is 6.01 Å². The number of nitrogens with zero attached hydrogens (tertiary/aromatic N) is 2. The van der Waals surface area contributed by atoms with E-state index in [0.717, 1.165) is 6.07 Å². The standard InChI is InChI=1S/C19H15BrF4N4O/c1-9-10-3-2-4-12(19(22,23)24)16(10)25-5-6-29-18-27-15-8-14(21)13(20)7-11(15)17(26-9)28-18/h2-4,7-9,25H,5-6H2,1H3,(H,26,27,28)/t9-/m1/s1. The third-order valence-corrected chi connectivity index (χ3v) is 5.18. The lowest BCUT2D eigenvalue weighted by Crippen LogP contribution is -2.18. The number of fused-ring (bicyclic) bond motifs is 5. The summed E-state index contributed by atoms with van der Waals surface area (Å²) in [4.78, 5) is 8.53. The van der Waals surface area contributed by atoms with Crippen molar-refractivity contribution in [3.05, 3.63) is 51.7 Å². The average Bonchev–Trinajstić information content (AvgIpc) is 2.67. The summed E-state index contributed by atoms with van der Waals surface area (Å²) in [6.45, 7) is 1.87. The van der Waals surface area contributed by atoms with Crippen LogP contribution in [0.4, 0.5) is 29.1 Å². The van der Waals surface area contributed by atoms with Gasteiger partial charge in [0.25, 0.3) is 0 Å². The number of hydrogen-bond donors (Lipinski definition) is 2. The van der Waals surface area contributed by atoms with E-state index in [1.54, 1.807) is 13.0 Å². The van der Waals surface area contributed by atoms with Gasteiger partial charge in [0, 0.05) is 18.0 Å². The molecule has 3 aromatic rings. The molecule has 2 heterocycles. The number of hydrogen-bond acceptors (Lipinski definition) is 5. The van der Waals surface area contributed by atoms with Crippen molar-refractivity contribution in [2.75, 3.05) is 23.8 Å². The zero-order chi connectivity index (χ0) is 20.8. The molecule has 1 atom stereocenters. The summed E-state index contributed by atoms with van der Waals surface area (Å²) < 4.78 is 60.2. The van der Waals surface area contributed by atoms with Gasteiger partial charge in [-0.1, -0.05) is 12.1 Å². The van der Waals surface area contributed by atoms with Crippen molar-refractivity contribution in [2.45, 2.75) is 19.1 Å². The molecule has 0 radical (unpaired) electrons. The Morgan fingerprint density at radius 1 is 1.21 bits per heavy atom. The van der Waals surface area contributed by atoms with Crippen LogP contribution >= 0.6 is 15.9 Å². The van der Waals surface area contributed by atoms with Gasteiger partial charge < -0.3 is 15.4 Å². The minimum Gasteiger partial charge on any atom is -0.462 e. The number of anilines is 2. The van der Waals surface area contributed by atoms with Crippen molar-refractivity contribution < 1.29 is 22.3 Å². The Bertz CT molecular complexity index is 1090. The molecule has 0 aliphatic carbocycles. The van der Waals surface area contributed by atoms with Gasteiger partial charge >= 0.3 is 12.2 Å². The van der Waals surface area contributed by atoms with Crippen molar-refractivity contribution in [2.24, 2.45) is 0 Å². The van der Waals surface area contributed by atoms with Crippen LogP contribution in [0.15, 0.2) is 34.8 Å². The second kappa shape index (κ2) is 7.33. The molecule has 2 N–H and O–H groups in total. The van der Waals surface area contributed by atoms with E-state index < -0.39 is 23.6 Å². The Balaban J connectivity index is 1.87. The number of nitrogens with one attached hydrogen (secondary N) is 2. The minimum atomic E-state index is -4.51. The lowest BCUT2D eigenvalue weighted by Gasteiger charge is -2.22. The maximum atomic E-state index is 14.0. The van der Waals surface area contributed by atoms with Crippen molar-refractivity contribution >= 4 is 38.3 Å². The largest absolute Gasteiger partial charge is 0.462 e. The topological polar surface area (TPSA) is 59.1 Å². The van der Waals surface area contributed by atoms with Gasteiger partial charge in [0.15, 0.2) is 0 Å². The van der Waals surface area contributed by atoms with Gasteiger partial charge in [-0.3, -0.25) is 0 Å². The Labute approximate surface area is 171 Å². The van der Waals surface area contributed by atoms with Crippen LogP contribution in [0.25, 0.3) is 10.9 Å². The van der Waals surface area contributed by atoms with E-state index in [0.29, 0.717) is 22.3 Å². The summed E-state index contributed by atoms with van der Waals surface area (Å²) in [6.07, 6.45) is -4.51. The maximum absolute atomic E-state index is 14.0. The summed E-state index contributed by atoms with van der Waals surface area (Å²) >= 11 is 3.14. The molecular weight excluding hydrogens is 456 g/mol. The second-order valence-corrected chi connectivity index (χ2v) is 7.40. The molecule has 10 heteroatoms. The third-order valence-electron chi connectivity index (χ3n) is 4.57. The molecule has 29 heavy (non-hydrogen) atoms.